The molecular formula is C11H11ClN4. The molecule has 0 unspecified atom stereocenters. The van der Waals surface area contributed by atoms with Crippen LogP contribution in [0.15, 0.2) is 30.7 Å². The van der Waals surface area contributed by atoms with Crippen molar-refractivity contribution in [3.8, 4) is 11.5 Å². The second-order valence-electron chi connectivity index (χ2n) is 3.28. The lowest BCUT2D eigenvalue weighted by Gasteiger charge is -2.02. The predicted octanol–water partition coefficient (Wildman–Crippen LogP) is 1.91. The van der Waals surface area contributed by atoms with Crippen LogP contribution >= 0.6 is 11.6 Å². The maximum Gasteiger partial charge on any atom is 0.179 e. The highest BCUT2D eigenvalue weighted by Crippen LogP contribution is 2.21. The molecular weight excluding hydrogens is 224 g/mol. The fourth-order valence-corrected chi connectivity index (χ4v) is 1.53. The summed E-state index contributed by atoms with van der Waals surface area (Å²) in [4.78, 5) is 12.6. The third-order valence-corrected chi connectivity index (χ3v) is 2.36. The van der Waals surface area contributed by atoms with Gasteiger partial charge < -0.3 is 5.32 Å². The van der Waals surface area contributed by atoms with Crippen LogP contribution in [0.4, 0.5) is 0 Å². The Kier molecular flexibility index (Phi) is 3.44. The third-order valence-electron chi connectivity index (χ3n) is 2.06. The Bertz CT molecular complexity index is 470. The van der Waals surface area contributed by atoms with Gasteiger partial charge in [-0.05, 0) is 19.2 Å². The molecule has 2 rings (SSSR count). The summed E-state index contributed by atoms with van der Waals surface area (Å²) in [5.74, 6) is 0.547. The molecule has 0 aliphatic heterocycles. The van der Waals surface area contributed by atoms with Crippen LogP contribution in [0.1, 0.15) is 5.56 Å². The van der Waals surface area contributed by atoms with Crippen molar-refractivity contribution >= 4 is 11.6 Å². The van der Waals surface area contributed by atoms with Gasteiger partial charge in [-0.25, -0.2) is 9.97 Å². The zero-order chi connectivity index (χ0) is 11.4. The fraction of sp³-hybridized carbons (Fsp3) is 0.182. The molecule has 4 nitrogen and oxygen atoms in total. The first-order valence-electron chi connectivity index (χ1n) is 4.87. The number of pyridine rings is 1. The molecule has 5 heteroatoms. The first kappa shape index (κ1) is 11.0. The molecule has 0 aliphatic carbocycles. The number of halogens is 1. The van der Waals surface area contributed by atoms with Gasteiger partial charge in [0.2, 0.25) is 0 Å². The SMILES string of the molecule is CNCc1cnc(-c2ncccc2Cl)nc1. The van der Waals surface area contributed by atoms with E-state index in [4.69, 9.17) is 11.6 Å². The van der Waals surface area contributed by atoms with Gasteiger partial charge in [-0.1, -0.05) is 11.6 Å². The third kappa shape index (κ3) is 2.35. The molecule has 1 N–H and O–H groups in total. The predicted molar refractivity (Wildman–Crippen MR) is 63.0 cm³/mol. The van der Waals surface area contributed by atoms with Crippen LogP contribution in [-0.4, -0.2) is 22.0 Å². The Balaban J connectivity index is 2.31. The molecule has 0 saturated carbocycles. The lowest BCUT2D eigenvalue weighted by molar-refractivity contribution is 0.807. The van der Waals surface area contributed by atoms with Crippen molar-refractivity contribution in [3.05, 3.63) is 41.3 Å². The highest BCUT2D eigenvalue weighted by atomic mass is 35.5. The molecule has 2 aromatic heterocycles. The van der Waals surface area contributed by atoms with Gasteiger partial charge in [0.1, 0.15) is 5.69 Å². The van der Waals surface area contributed by atoms with Gasteiger partial charge >= 0.3 is 0 Å². The molecule has 0 atom stereocenters. The van der Waals surface area contributed by atoms with Crippen LogP contribution in [0.2, 0.25) is 5.02 Å². The average Bonchev–Trinajstić information content (AvgIpc) is 2.31. The average molecular weight is 235 g/mol. The molecule has 2 aromatic rings. The summed E-state index contributed by atoms with van der Waals surface area (Å²) >= 11 is 6.00. The molecule has 82 valence electrons. The largest absolute Gasteiger partial charge is 0.316 e. The fourth-order valence-electron chi connectivity index (χ4n) is 1.32. The topological polar surface area (TPSA) is 50.7 Å². The monoisotopic (exact) mass is 234 g/mol. The van der Waals surface area contributed by atoms with Gasteiger partial charge in [-0.2, -0.15) is 0 Å². The summed E-state index contributed by atoms with van der Waals surface area (Å²) < 4.78 is 0. The van der Waals surface area contributed by atoms with Crippen molar-refractivity contribution in [2.75, 3.05) is 7.05 Å². The number of aromatic nitrogens is 3. The maximum atomic E-state index is 6.00. The van der Waals surface area contributed by atoms with Crippen molar-refractivity contribution in [1.29, 1.82) is 0 Å². The summed E-state index contributed by atoms with van der Waals surface area (Å²) in [6.07, 6.45) is 5.21. The number of hydrogen-bond acceptors (Lipinski definition) is 4. The molecule has 0 amide bonds. The van der Waals surface area contributed by atoms with E-state index < -0.39 is 0 Å². The Hall–Kier alpha value is -1.52. The van der Waals surface area contributed by atoms with E-state index in [0.717, 1.165) is 12.1 Å². The molecule has 0 radical (unpaired) electrons. The van der Waals surface area contributed by atoms with E-state index >= 15 is 0 Å². The first-order chi connectivity index (χ1) is 7.81. The molecule has 0 bridgehead atoms. The van der Waals surface area contributed by atoms with Crippen molar-refractivity contribution in [2.45, 2.75) is 6.54 Å². The molecule has 0 aromatic carbocycles. The zero-order valence-electron chi connectivity index (χ0n) is 8.81. The lowest BCUT2D eigenvalue weighted by atomic mass is 10.3. The first-order valence-corrected chi connectivity index (χ1v) is 5.25. The van der Waals surface area contributed by atoms with Gasteiger partial charge in [0, 0.05) is 30.7 Å². The van der Waals surface area contributed by atoms with Gasteiger partial charge in [0.25, 0.3) is 0 Å². The van der Waals surface area contributed by atoms with Crippen LogP contribution in [0.25, 0.3) is 11.5 Å². The minimum absolute atomic E-state index is 0.547. The van der Waals surface area contributed by atoms with E-state index in [9.17, 15) is 0 Å². The van der Waals surface area contributed by atoms with Gasteiger partial charge in [0.15, 0.2) is 5.82 Å². The number of nitrogens with one attached hydrogen (secondary N) is 1. The van der Waals surface area contributed by atoms with E-state index in [2.05, 4.69) is 20.3 Å². The van der Waals surface area contributed by atoms with Crippen LogP contribution in [-0.2, 0) is 6.54 Å². The highest BCUT2D eigenvalue weighted by molar-refractivity contribution is 6.32. The Morgan fingerprint density at radius 2 is 2.00 bits per heavy atom. The maximum absolute atomic E-state index is 6.00. The molecule has 0 spiro atoms. The van der Waals surface area contributed by atoms with Crippen LogP contribution in [0.5, 0.6) is 0 Å². The van der Waals surface area contributed by atoms with Gasteiger partial charge in [-0.3, -0.25) is 4.98 Å². The molecule has 0 fully saturated rings. The van der Waals surface area contributed by atoms with Gasteiger partial charge in [-0.15, -0.1) is 0 Å². The van der Waals surface area contributed by atoms with E-state index in [0.29, 0.717) is 16.5 Å². The number of rotatable bonds is 3. The molecule has 16 heavy (non-hydrogen) atoms. The molecule has 0 aliphatic rings. The number of nitrogens with zero attached hydrogens (tertiary/aromatic N) is 3. The molecule has 0 saturated heterocycles. The Morgan fingerprint density at radius 3 is 2.62 bits per heavy atom. The van der Waals surface area contributed by atoms with Crippen LogP contribution in [0, 0.1) is 0 Å². The minimum atomic E-state index is 0.547. The van der Waals surface area contributed by atoms with E-state index in [1.807, 2.05) is 7.05 Å². The van der Waals surface area contributed by atoms with Crippen molar-refractivity contribution in [3.63, 3.8) is 0 Å². The summed E-state index contributed by atoms with van der Waals surface area (Å²) in [6, 6.07) is 3.55. The Morgan fingerprint density at radius 1 is 1.25 bits per heavy atom. The van der Waals surface area contributed by atoms with E-state index in [1.165, 1.54) is 0 Å². The second kappa shape index (κ2) is 5.01. The lowest BCUT2D eigenvalue weighted by Crippen LogP contribution is -2.06. The van der Waals surface area contributed by atoms with E-state index in [-0.39, 0.29) is 0 Å². The standard InChI is InChI=1S/C11H11ClN4/c1-13-5-8-6-15-11(16-7-8)10-9(12)3-2-4-14-10/h2-4,6-7,13H,5H2,1H3. The minimum Gasteiger partial charge on any atom is -0.316 e. The van der Waals surface area contributed by atoms with Crippen LogP contribution < -0.4 is 5.32 Å². The smallest absolute Gasteiger partial charge is 0.179 e. The zero-order valence-corrected chi connectivity index (χ0v) is 9.57. The number of hydrogen-bond donors (Lipinski definition) is 1. The summed E-state index contributed by atoms with van der Waals surface area (Å²) in [5, 5.41) is 3.59. The van der Waals surface area contributed by atoms with Crippen molar-refractivity contribution in [1.82, 2.24) is 20.3 Å². The summed E-state index contributed by atoms with van der Waals surface area (Å²) in [7, 11) is 1.88. The van der Waals surface area contributed by atoms with Crippen molar-refractivity contribution in [2.24, 2.45) is 0 Å². The summed E-state index contributed by atoms with van der Waals surface area (Å²) in [5.41, 5.74) is 1.64. The van der Waals surface area contributed by atoms with Crippen molar-refractivity contribution < 1.29 is 0 Å². The normalized spacial score (nSPS) is 10.4. The quantitative estimate of drug-likeness (QED) is 0.882. The van der Waals surface area contributed by atoms with Crippen LogP contribution in [0.3, 0.4) is 0 Å². The second-order valence-corrected chi connectivity index (χ2v) is 3.69. The summed E-state index contributed by atoms with van der Waals surface area (Å²) in [6.45, 7) is 0.746. The highest BCUT2D eigenvalue weighted by Gasteiger charge is 2.06. The van der Waals surface area contributed by atoms with E-state index in [1.54, 1.807) is 30.7 Å². The molecule has 2 heterocycles. The van der Waals surface area contributed by atoms with Gasteiger partial charge in [0.05, 0.1) is 5.02 Å². The Labute approximate surface area is 98.7 Å².